The van der Waals surface area contributed by atoms with Gasteiger partial charge in [-0.05, 0) is 18.2 Å². The molecule has 5 heteroatoms. The first-order valence-corrected chi connectivity index (χ1v) is 5.65. The van der Waals surface area contributed by atoms with Gasteiger partial charge in [-0.1, -0.05) is 0 Å². The Labute approximate surface area is 102 Å². The molecule has 0 spiro atoms. The van der Waals surface area contributed by atoms with E-state index in [1.54, 1.807) is 16.9 Å². The fourth-order valence-corrected chi connectivity index (χ4v) is 2.13. The minimum Gasteiger partial charge on any atom is -0.345 e. The van der Waals surface area contributed by atoms with E-state index in [2.05, 4.69) is 20.1 Å². The molecule has 0 fully saturated rings. The molecule has 0 unspecified atom stereocenters. The summed E-state index contributed by atoms with van der Waals surface area (Å²) in [5.41, 5.74) is 3.69. The molecule has 18 heavy (non-hydrogen) atoms. The Hall–Kier alpha value is -2.69. The van der Waals surface area contributed by atoms with E-state index in [9.17, 15) is 0 Å². The lowest BCUT2D eigenvalue weighted by Crippen LogP contribution is -1.90. The quantitative estimate of drug-likeness (QED) is 0.550. The third-order valence-electron chi connectivity index (χ3n) is 2.99. The second-order valence-electron chi connectivity index (χ2n) is 4.05. The summed E-state index contributed by atoms with van der Waals surface area (Å²) in [6.07, 6.45) is 7.36. The number of pyridine rings is 1. The number of rotatable bonds is 1. The van der Waals surface area contributed by atoms with E-state index in [0.717, 1.165) is 27.9 Å². The molecule has 1 N–H and O–H groups in total. The van der Waals surface area contributed by atoms with Gasteiger partial charge in [0.05, 0.1) is 11.9 Å². The third kappa shape index (κ3) is 1.24. The summed E-state index contributed by atoms with van der Waals surface area (Å²) in [7, 11) is 0. The summed E-state index contributed by atoms with van der Waals surface area (Å²) in [6, 6.07) is 7.81. The van der Waals surface area contributed by atoms with Crippen molar-refractivity contribution in [3.8, 4) is 11.3 Å². The zero-order valence-corrected chi connectivity index (χ0v) is 9.41. The molecular formula is C13H9N5. The Morgan fingerprint density at radius 1 is 1.11 bits per heavy atom. The first-order valence-electron chi connectivity index (χ1n) is 5.65. The standard InChI is InChI=1S/C13H9N5/c1-2-9-10(8-15-13(9)14-5-1)11-4-7-18-12(17-11)3-6-16-18/h1-8H,(H,14,15). The molecule has 5 nitrogen and oxygen atoms in total. The van der Waals surface area contributed by atoms with Crippen LogP contribution in [0.15, 0.2) is 49.1 Å². The van der Waals surface area contributed by atoms with Gasteiger partial charge in [0, 0.05) is 35.6 Å². The van der Waals surface area contributed by atoms with Crippen LogP contribution in [0.3, 0.4) is 0 Å². The zero-order chi connectivity index (χ0) is 11.9. The number of aromatic amines is 1. The maximum Gasteiger partial charge on any atom is 0.155 e. The maximum absolute atomic E-state index is 4.58. The summed E-state index contributed by atoms with van der Waals surface area (Å²) >= 11 is 0. The van der Waals surface area contributed by atoms with Gasteiger partial charge in [0.25, 0.3) is 0 Å². The van der Waals surface area contributed by atoms with Crippen molar-refractivity contribution in [3.05, 3.63) is 49.1 Å². The first kappa shape index (κ1) is 9.35. The van der Waals surface area contributed by atoms with Crippen molar-refractivity contribution in [1.29, 1.82) is 0 Å². The highest BCUT2D eigenvalue weighted by molar-refractivity contribution is 5.92. The molecule has 0 amide bonds. The van der Waals surface area contributed by atoms with Crippen LogP contribution >= 0.6 is 0 Å². The Kier molecular flexibility index (Phi) is 1.77. The van der Waals surface area contributed by atoms with E-state index in [1.807, 2.05) is 36.7 Å². The average Bonchev–Trinajstić information content (AvgIpc) is 3.04. The van der Waals surface area contributed by atoms with E-state index in [0.29, 0.717) is 0 Å². The monoisotopic (exact) mass is 235 g/mol. The summed E-state index contributed by atoms with van der Waals surface area (Å²) in [6.45, 7) is 0. The van der Waals surface area contributed by atoms with Crippen LogP contribution in [0, 0.1) is 0 Å². The SMILES string of the molecule is c1cnc2[nH]cc(-c3ccn4nccc4n3)c2c1. The zero-order valence-electron chi connectivity index (χ0n) is 9.41. The highest BCUT2D eigenvalue weighted by Crippen LogP contribution is 2.25. The van der Waals surface area contributed by atoms with Gasteiger partial charge < -0.3 is 4.98 Å². The molecule has 86 valence electrons. The Morgan fingerprint density at radius 2 is 2.11 bits per heavy atom. The molecule has 0 aliphatic rings. The van der Waals surface area contributed by atoms with Crippen LogP contribution < -0.4 is 0 Å². The minimum atomic E-state index is 0.839. The van der Waals surface area contributed by atoms with E-state index < -0.39 is 0 Å². The van der Waals surface area contributed by atoms with Gasteiger partial charge >= 0.3 is 0 Å². The lowest BCUT2D eigenvalue weighted by molar-refractivity contribution is 0.941. The largest absolute Gasteiger partial charge is 0.345 e. The number of nitrogens with zero attached hydrogens (tertiary/aromatic N) is 4. The van der Waals surface area contributed by atoms with Gasteiger partial charge in [-0.2, -0.15) is 5.10 Å². The van der Waals surface area contributed by atoms with Gasteiger partial charge in [-0.15, -0.1) is 0 Å². The molecule has 4 heterocycles. The fraction of sp³-hybridized carbons (Fsp3) is 0. The van der Waals surface area contributed by atoms with Crippen LogP contribution in [0.2, 0.25) is 0 Å². The number of aromatic nitrogens is 5. The molecule has 0 atom stereocenters. The summed E-state index contributed by atoms with van der Waals surface area (Å²) in [5.74, 6) is 0. The van der Waals surface area contributed by atoms with Crippen LogP contribution in [0.4, 0.5) is 0 Å². The lowest BCUT2D eigenvalue weighted by Gasteiger charge is -1.99. The number of nitrogens with one attached hydrogen (secondary N) is 1. The van der Waals surface area contributed by atoms with Crippen LogP contribution in [0.1, 0.15) is 0 Å². The molecule has 0 saturated heterocycles. The molecule has 4 rings (SSSR count). The van der Waals surface area contributed by atoms with Crippen molar-refractivity contribution < 1.29 is 0 Å². The normalized spacial score (nSPS) is 11.3. The molecule has 0 aliphatic carbocycles. The molecule has 4 aromatic rings. The number of H-pyrrole nitrogens is 1. The third-order valence-corrected chi connectivity index (χ3v) is 2.99. The van der Waals surface area contributed by atoms with E-state index >= 15 is 0 Å². The highest BCUT2D eigenvalue weighted by Gasteiger charge is 2.08. The smallest absolute Gasteiger partial charge is 0.155 e. The summed E-state index contributed by atoms with van der Waals surface area (Å²) in [4.78, 5) is 12.0. The van der Waals surface area contributed by atoms with Crippen molar-refractivity contribution in [3.63, 3.8) is 0 Å². The van der Waals surface area contributed by atoms with Gasteiger partial charge in [-0.25, -0.2) is 14.5 Å². The van der Waals surface area contributed by atoms with Crippen molar-refractivity contribution in [2.75, 3.05) is 0 Å². The molecule has 0 bridgehead atoms. The van der Waals surface area contributed by atoms with Crippen LogP contribution in [-0.2, 0) is 0 Å². The number of hydrogen-bond acceptors (Lipinski definition) is 3. The summed E-state index contributed by atoms with van der Waals surface area (Å²) < 4.78 is 1.75. The maximum atomic E-state index is 4.58. The van der Waals surface area contributed by atoms with Crippen molar-refractivity contribution >= 4 is 16.7 Å². The van der Waals surface area contributed by atoms with E-state index in [1.165, 1.54) is 0 Å². The molecule has 0 aliphatic heterocycles. The summed E-state index contributed by atoms with van der Waals surface area (Å²) in [5, 5.41) is 5.22. The van der Waals surface area contributed by atoms with Crippen molar-refractivity contribution in [2.45, 2.75) is 0 Å². The average molecular weight is 235 g/mol. The Morgan fingerprint density at radius 3 is 3.11 bits per heavy atom. The van der Waals surface area contributed by atoms with E-state index in [-0.39, 0.29) is 0 Å². The van der Waals surface area contributed by atoms with Gasteiger partial charge in [0.1, 0.15) is 5.65 Å². The van der Waals surface area contributed by atoms with Crippen molar-refractivity contribution in [1.82, 2.24) is 24.6 Å². The first-order chi connectivity index (χ1) is 8.92. The molecule has 4 aromatic heterocycles. The molecular weight excluding hydrogens is 226 g/mol. The van der Waals surface area contributed by atoms with Gasteiger partial charge in [0.15, 0.2) is 5.65 Å². The number of hydrogen-bond donors (Lipinski definition) is 1. The predicted octanol–water partition coefficient (Wildman–Crippen LogP) is 2.27. The minimum absolute atomic E-state index is 0.839. The van der Waals surface area contributed by atoms with Gasteiger partial charge in [-0.3, -0.25) is 0 Å². The van der Waals surface area contributed by atoms with Crippen LogP contribution in [0.25, 0.3) is 27.9 Å². The van der Waals surface area contributed by atoms with Gasteiger partial charge in [0.2, 0.25) is 0 Å². The molecule has 0 radical (unpaired) electrons. The second-order valence-corrected chi connectivity index (χ2v) is 4.05. The van der Waals surface area contributed by atoms with Crippen molar-refractivity contribution in [2.24, 2.45) is 0 Å². The van der Waals surface area contributed by atoms with Crippen LogP contribution in [-0.4, -0.2) is 24.6 Å². The lowest BCUT2D eigenvalue weighted by atomic mass is 10.1. The van der Waals surface area contributed by atoms with E-state index in [4.69, 9.17) is 0 Å². The Balaban J connectivity index is 2.00. The Bertz CT molecular complexity index is 842. The molecule has 0 saturated carbocycles. The second kappa shape index (κ2) is 3.40. The predicted molar refractivity (Wildman–Crippen MR) is 68.1 cm³/mol. The molecule has 0 aromatic carbocycles. The fourth-order valence-electron chi connectivity index (χ4n) is 2.13. The number of fused-ring (bicyclic) bond motifs is 2. The van der Waals surface area contributed by atoms with Crippen LogP contribution in [0.5, 0.6) is 0 Å². The topological polar surface area (TPSA) is 58.9 Å². The highest BCUT2D eigenvalue weighted by atomic mass is 15.2.